The maximum atomic E-state index is 6.11. The lowest BCUT2D eigenvalue weighted by Gasteiger charge is -1.94. The fraction of sp³-hybridized carbons (Fsp3) is 0.154. The summed E-state index contributed by atoms with van der Waals surface area (Å²) in [5.41, 5.74) is 3.37. The zero-order valence-electron chi connectivity index (χ0n) is 9.33. The maximum Gasteiger partial charge on any atom is 0.150 e. The summed E-state index contributed by atoms with van der Waals surface area (Å²) < 4.78 is 0. The second kappa shape index (κ2) is 4.17. The molecule has 0 aliphatic carbocycles. The van der Waals surface area contributed by atoms with Crippen molar-refractivity contribution in [1.29, 1.82) is 0 Å². The van der Waals surface area contributed by atoms with E-state index in [1.807, 2.05) is 11.4 Å². The quantitative estimate of drug-likeness (QED) is 0.723. The SMILES string of the molecule is CCc1ccc2nc(-c3sccc3Cl)[nH]c2c1. The summed E-state index contributed by atoms with van der Waals surface area (Å²) >= 11 is 7.71. The lowest BCUT2D eigenvalue weighted by atomic mass is 10.1. The average Bonchev–Trinajstić information content (AvgIpc) is 2.93. The van der Waals surface area contributed by atoms with Crippen molar-refractivity contribution >= 4 is 34.0 Å². The zero-order valence-corrected chi connectivity index (χ0v) is 10.9. The van der Waals surface area contributed by atoms with Gasteiger partial charge in [-0.25, -0.2) is 4.98 Å². The van der Waals surface area contributed by atoms with Crippen molar-refractivity contribution in [3.63, 3.8) is 0 Å². The number of fused-ring (bicyclic) bond motifs is 1. The van der Waals surface area contributed by atoms with Gasteiger partial charge in [0.25, 0.3) is 0 Å². The van der Waals surface area contributed by atoms with Gasteiger partial charge in [-0.2, -0.15) is 0 Å². The Balaban J connectivity index is 2.17. The number of thiophene rings is 1. The van der Waals surface area contributed by atoms with E-state index in [1.54, 1.807) is 11.3 Å². The summed E-state index contributed by atoms with van der Waals surface area (Å²) in [6.07, 6.45) is 1.03. The van der Waals surface area contributed by atoms with E-state index in [0.29, 0.717) is 0 Å². The zero-order chi connectivity index (χ0) is 11.8. The molecular formula is C13H11ClN2S. The number of benzene rings is 1. The Labute approximate surface area is 108 Å². The number of imidazole rings is 1. The van der Waals surface area contributed by atoms with Crippen LogP contribution in [0.15, 0.2) is 29.6 Å². The van der Waals surface area contributed by atoms with E-state index in [0.717, 1.165) is 33.2 Å². The Morgan fingerprint density at radius 3 is 2.94 bits per heavy atom. The number of aromatic amines is 1. The van der Waals surface area contributed by atoms with Gasteiger partial charge in [-0.3, -0.25) is 0 Å². The number of aryl methyl sites for hydroxylation is 1. The highest BCUT2D eigenvalue weighted by Crippen LogP contribution is 2.32. The average molecular weight is 263 g/mol. The minimum Gasteiger partial charge on any atom is -0.337 e. The summed E-state index contributed by atoms with van der Waals surface area (Å²) in [6.45, 7) is 2.15. The molecule has 0 atom stereocenters. The molecule has 0 spiro atoms. The first kappa shape index (κ1) is 10.8. The van der Waals surface area contributed by atoms with Gasteiger partial charge < -0.3 is 4.98 Å². The number of aromatic nitrogens is 2. The highest BCUT2D eigenvalue weighted by molar-refractivity contribution is 7.14. The number of H-pyrrole nitrogens is 1. The van der Waals surface area contributed by atoms with Gasteiger partial charge in [0.05, 0.1) is 20.9 Å². The molecule has 1 aromatic carbocycles. The summed E-state index contributed by atoms with van der Waals surface area (Å²) in [7, 11) is 0. The van der Waals surface area contributed by atoms with E-state index in [9.17, 15) is 0 Å². The Hall–Kier alpha value is -1.32. The molecule has 0 saturated carbocycles. The molecule has 0 fully saturated rings. The first-order chi connectivity index (χ1) is 8.28. The van der Waals surface area contributed by atoms with Crippen molar-refractivity contribution in [3.05, 3.63) is 40.2 Å². The van der Waals surface area contributed by atoms with Crippen molar-refractivity contribution in [2.75, 3.05) is 0 Å². The standard InChI is InChI=1S/C13H11ClN2S/c1-2-8-3-4-10-11(7-8)16-13(15-10)12-9(14)5-6-17-12/h3-7H,2H2,1H3,(H,15,16). The molecule has 3 aromatic rings. The Morgan fingerprint density at radius 2 is 2.24 bits per heavy atom. The molecule has 0 amide bonds. The number of nitrogens with one attached hydrogen (secondary N) is 1. The number of rotatable bonds is 2. The first-order valence-corrected chi connectivity index (χ1v) is 6.75. The first-order valence-electron chi connectivity index (χ1n) is 5.50. The van der Waals surface area contributed by atoms with Crippen molar-refractivity contribution in [1.82, 2.24) is 9.97 Å². The molecule has 0 unspecified atom stereocenters. The van der Waals surface area contributed by atoms with Gasteiger partial charge in [-0.1, -0.05) is 24.6 Å². The van der Waals surface area contributed by atoms with Crippen LogP contribution in [0.5, 0.6) is 0 Å². The minimum absolute atomic E-state index is 0.754. The van der Waals surface area contributed by atoms with Crippen LogP contribution < -0.4 is 0 Å². The van der Waals surface area contributed by atoms with Crippen molar-refractivity contribution in [2.24, 2.45) is 0 Å². The van der Waals surface area contributed by atoms with Gasteiger partial charge in [-0.05, 0) is 35.6 Å². The van der Waals surface area contributed by atoms with Crippen LogP contribution in [0, 0.1) is 0 Å². The van der Waals surface area contributed by atoms with Gasteiger partial charge in [0.1, 0.15) is 5.82 Å². The molecule has 17 heavy (non-hydrogen) atoms. The molecule has 0 aliphatic rings. The van der Waals surface area contributed by atoms with Gasteiger partial charge in [0.2, 0.25) is 0 Å². The molecule has 0 saturated heterocycles. The molecular weight excluding hydrogens is 252 g/mol. The highest BCUT2D eigenvalue weighted by Gasteiger charge is 2.10. The lowest BCUT2D eigenvalue weighted by molar-refractivity contribution is 1.14. The largest absolute Gasteiger partial charge is 0.337 e. The highest BCUT2D eigenvalue weighted by atomic mass is 35.5. The fourth-order valence-corrected chi connectivity index (χ4v) is 2.94. The third-order valence-electron chi connectivity index (χ3n) is 2.79. The lowest BCUT2D eigenvalue weighted by Crippen LogP contribution is -1.78. The van der Waals surface area contributed by atoms with Crippen LogP contribution >= 0.6 is 22.9 Å². The molecule has 2 aromatic heterocycles. The molecule has 86 valence electrons. The van der Waals surface area contributed by atoms with Crippen LogP contribution in [0.3, 0.4) is 0 Å². The van der Waals surface area contributed by atoms with Crippen LogP contribution in [0.25, 0.3) is 21.7 Å². The molecule has 1 N–H and O–H groups in total. The second-order valence-corrected chi connectivity index (χ2v) is 5.21. The van der Waals surface area contributed by atoms with Crippen molar-refractivity contribution in [3.8, 4) is 10.7 Å². The van der Waals surface area contributed by atoms with E-state index in [-0.39, 0.29) is 0 Å². The Morgan fingerprint density at radius 1 is 1.35 bits per heavy atom. The third-order valence-corrected chi connectivity index (χ3v) is 4.13. The van der Waals surface area contributed by atoms with Gasteiger partial charge in [0.15, 0.2) is 0 Å². The summed E-state index contributed by atoms with van der Waals surface area (Å²) in [6, 6.07) is 8.21. The van der Waals surface area contributed by atoms with E-state index >= 15 is 0 Å². The molecule has 0 aliphatic heterocycles. The van der Waals surface area contributed by atoms with E-state index in [2.05, 4.69) is 35.1 Å². The molecule has 3 rings (SSSR count). The van der Waals surface area contributed by atoms with Crippen LogP contribution in [-0.4, -0.2) is 9.97 Å². The number of hydrogen-bond donors (Lipinski definition) is 1. The monoisotopic (exact) mass is 262 g/mol. The van der Waals surface area contributed by atoms with E-state index in [4.69, 9.17) is 11.6 Å². The predicted molar refractivity (Wildman–Crippen MR) is 73.8 cm³/mol. The number of hydrogen-bond acceptors (Lipinski definition) is 2. The topological polar surface area (TPSA) is 28.7 Å². The summed E-state index contributed by atoms with van der Waals surface area (Å²) in [5.74, 6) is 0.855. The second-order valence-electron chi connectivity index (χ2n) is 3.89. The fourth-order valence-electron chi connectivity index (χ4n) is 1.85. The normalized spacial score (nSPS) is 11.2. The smallest absolute Gasteiger partial charge is 0.150 e. The Bertz CT molecular complexity index is 669. The van der Waals surface area contributed by atoms with Gasteiger partial charge in [0, 0.05) is 0 Å². The molecule has 4 heteroatoms. The number of nitrogens with zero attached hydrogens (tertiary/aromatic N) is 1. The third kappa shape index (κ3) is 1.85. The Kier molecular flexibility index (Phi) is 2.65. The van der Waals surface area contributed by atoms with E-state index in [1.165, 1.54) is 5.56 Å². The van der Waals surface area contributed by atoms with Crippen LogP contribution in [0.4, 0.5) is 0 Å². The van der Waals surface area contributed by atoms with Crippen LogP contribution in [0.2, 0.25) is 5.02 Å². The van der Waals surface area contributed by atoms with Crippen LogP contribution in [0.1, 0.15) is 12.5 Å². The van der Waals surface area contributed by atoms with Crippen molar-refractivity contribution < 1.29 is 0 Å². The molecule has 2 nitrogen and oxygen atoms in total. The van der Waals surface area contributed by atoms with Gasteiger partial charge >= 0.3 is 0 Å². The van der Waals surface area contributed by atoms with Gasteiger partial charge in [-0.15, -0.1) is 11.3 Å². The van der Waals surface area contributed by atoms with Crippen molar-refractivity contribution in [2.45, 2.75) is 13.3 Å². The minimum atomic E-state index is 0.754. The molecule has 0 radical (unpaired) electrons. The summed E-state index contributed by atoms with van der Waals surface area (Å²) in [5, 5.41) is 2.73. The maximum absolute atomic E-state index is 6.11. The van der Waals surface area contributed by atoms with E-state index < -0.39 is 0 Å². The number of halogens is 1. The molecule has 2 heterocycles. The molecule has 0 bridgehead atoms. The van der Waals surface area contributed by atoms with Crippen LogP contribution in [-0.2, 0) is 6.42 Å². The summed E-state index contributed by atoms with van der Waals surface area (Å²) in [4.78, 5) is 8.89. The predicted octanol–water partition coefficient (Wildman–Crippen LogP) is 4.51.